The Kier molecular flexibility index (Phi) is 4.19. The van der Waals surface area contributed by atoms with E-state index in [0.29, 0.717) is 17.1 Å². The minimum atomic E-state index is -0.420. The lowest BCUT2D eigenvalue weighted by Crippen LogP contribution is -2.27. The summed E-state index contributed by atoms with van der Waals surface area (Å²) in [7, 11) is 3.18. The largest absolute Gasteiger partial charge is 0.493 e. The highest BCUT2D eigenvalue weighted by Crippen LogP contribution is 2.39. The topological polar surface area (TPSA) is 47.6 Å². The Morgan fingerprint density at radius 3 is 2.61 bits per heavy atom. The molecule has 0 saturated heterocycles. The number of carbonyl (C=O) groups excluding carboxylic acids is 1. The number of hydrogen-bond acceptors (Lipinski definition) is 3. The quantitative estimate of drug-likeness (QED) is 0.942. The van der Waals surface area contributed by atoms with Crippen molar-refractivity contribution in [3.8, 4) is 11.5 Å². The number of fused-ring (bicyclic) bond motifs is 1. The molecule has 120 valence electrons. The van der Waals surface area contributed by atoms with Crippen LogP contribution in [0, 0.1) is 5.82 Å². The van der Waals surface area contributed by atoms with Gasteiger partial charge in [0.05, 0.1) is 20.3 Å². The maximum atomic E-state index is 13.3. The zero-order valence-electron chi connectivity index (χ0n) is 13.1. The van der Waals surface area contributed by atoms with E-state index in [0.717, 1.165) is 24.0 Å². The molecule has 1 atom stereocenters. The molecule has 0 spiro atoms. The first-order valence-electron chi connectivity index (χ1n) is 7.43. The van der Waals surface area contributed by atoms with Gasteiger partial charge >= 0.3 is 0 Å². The smallest absolute Gasteiger partial charge is 0.251 e. The second-order valence-corrected chi connectivity index (χ2v) is 5.48. The molecule has 1 aliphatic carbocycles. The van der Waals surface area contributed by atoms with Crippen molar-refractivity contribution in [3.63, 3.8) is 0 Å². The maximum absolute atomic E-state index is 13.3. The van der Waals surface area contributed by atoms with E-state index < -0.39 is 5.82 Å². The van der Waals surface area contributed by atoms with E-state index in [1.165, 1.54) is 18.2 Å². The van der Waals surface area contributed by atoms with Gasteiger partial charge in [0.15, 0.2) is 11.5 Å². The van der Waals surface area contributed by atoms with Crippen LogP contribution in [-0.2, 0) is 6.42 Å². The summed E-state index contributed by atoms with van der Waals surface area (Å²) >= 11 is 0. The molecular formula is C18H18FNO3. The van der Waals surface area contributed by atoms with Gasteiger partial charge in [-0.3, -0.25) is 4.79 Å². The van der Waals surface area contributed by atoms with Crippen molar-refractivity contribution in [2.24, 2.45) is 0 Å². The molecule has 0 radical (unpaired) electrons. The second kappa shape index (κ2) is 6.28. The van der Waals surface area contributed by atoms with Gasteiger partial charge in [-0.1, -0.05) is 6.07 Å². The Morgan fingerprint density at radius 1 is 1.17 bits per heavy atom. The summed E-state index contributed by atoms with van der Waals surface area (Å²) in [6, 6.07) is 9.42. The minimum absolute atomic E-state index is 0.111. The summed E-state index contributed by atoms with van der Waals surface area (Å²) in [5.74, 6) is 0.620. The van der Waals surface area contributed by atoms with Crippen LogP contribution < -0.4 is 14.8 Å². The Hall–Kier alpha value is -2.56. The first kappa shape index (κ1) is 15.3. The number of hydrogen-bond donors (Lipinski definition) is 1. The van der Waals surface area contributed by atoms with Gasteiger partial charge in [-0.2, -0.15) is 0 Å². The van der Waals surface area contributed by atoms with Crippen LogP contribution in [0.4, 0.5) is 4.39 Å². The highest BCUT2D eigenvalue weighted by atomic mass is 19.1. The van der Waals surface area contributed by atoms with Crippen LogP contribution >= 0.6 is 0 Å². The van der Waals surface area contributed by atoms with E-state index >= 15 is 0 Å². The van der Waals surface area contributed by atoms with Crippen molar-refractivity contribution in [1.29, 1.82) is 0 Å². The van der Waals surface area contributed by atoms with Crippen molar-refractivity contribution in [2.75, 3.05) is 14.2 Å². The van der Waals surface area contributed by atoms with Gasteiger partial charge in [0.25, 0.3) is 5.91 Å². The summed E-state index contributed by atoms with van der Waals surface area (Å²) in [6.07, 6.45) is 1.65. The molecule has 2 aromatic carbocycles. The van der Waals surface area contributed by atoms with E-state index in [-0.39, 0.29) is 11.9 Å². The van der Waals surface area contributed by atoms with Gasteiger partial charge in [-0.15, -0.1) is 0 Å². The van der Waals surface area contributed by atoms with E-state index in [1.54, 1.807) is 20.3 Å². The first-order valence-corrected chi connectivity index (χ1v) is 7.43. The molecule has 2 aromatic rings. The molecule has 3 rings (SSSR count). The van der Waals surface area contributed by atoms with E-state index in [9.17, 15) is 9.18 Å². The predicted octanol–water partition coefficient (Wildman–Crippen LogP) is 3.26. The molecule has 0 fully saturated rings. The Labute approximate surface area is 134 Å². The first-order chi connectivity index (χ1) is 11.1. The normalized spacial score (nSPS) is 15.9. The lowest BCUT2D eigenvalue weighted by Gasteiger charge is -2.16. The van der Waals surface area contributed by atoms with Crippen LogP contribution in [0.2, 0.25) is 0 Å². The van der Waals surface area contributed by atoms with Gasteiger partial charge in [0.2, 0.25) is 0 Å². The standard InChI is InChI=1S/C18H18FNO3/c1-22-16-9-11-6-7-15(14(11)10-17(16)23-2)20-18(21)12-4-3-5-13(19)8-12/h3-5,8-10,15H,6-7H2,1-2H3,(H,20,21). The Balaban J connectivity index is 1.84. The number of carbonyl (C=O) groups is 1. The number of aryl methyl sites for hydroxylation is 1. The predicted molar refractivity (Wildman–Crippen MR) is 84.5 cm³/mol. The van der Waals surface area contributed by atoms with Crippen LogP contribution in [0.15, 0.2) is 36.4 Å². The highest BCUT2D eigenvalue weighted by molar-refractivity contribution is 5.94. The van der Waals surface area contributed by atoms with Crippen LogP contribution in [0.1, 0.15) is 33.9 Å². The average Bonchev–Trinajstić information content (AvgIpc) is 2.95. The molecule has 0 aromatic heterocycles. The van der Waals surface area contributed by atoms with Gasteiger partial charge in [-0.25, -0.2) is 4.39 Å². The fraction of sp³-hybridized carbons (Fsp3) is 0.278. The molecule has 1 N–H and O–H groups in total. The van der Waals surface area contributed by atoms with Gasteiger partial charge in [-0.05, 0) is 54.3 Å². The van der Waals surface area contributed by atoms with Crippen molar-refractivity contribution in [1.82, 2.24) is 5.32 Å². The molecule has 5 heteroatoms. The highest BCUT2D eigenvalue weighted by Gasteiger charge is 2.26. The molecule has 0 aliphatic heterocycles. The average molecular weight is 315 g/mol. The van der Waals surface area contributed by atoms with Crippen LogP contribution in [0.5, 0.6) is 11.5 Å². The molecule has 23 heavy (non-hydrogen) atoms. The summed E-state index contributed by atoms with van der Waals surface area (Å²) in [5, 5.41) is 2.97. The SMILES string of the molecule is COc1cc2c(cc1OC)C(NC(=O)c1cccc(F)c1)CC2. The third kappa shape index (κ3) is 2.99. The third-order valence-electron chi connectivity index (χ3n) is 4.12. The fourth-order valence-corrected chi connectivity index (χ4v) is 2.95. The molecule has 0 heterocycles. The van der Waals surface area contributed by atoms with Gasteiger partial charge in [0, 0.05) is 5.56 Å². The van der Waals surface area contributed by atoms with Crippen molar-refractivity contribution in [2.45, 2.75) is 18.9 Å². The van der Waals surface area contributed by atoms with Crippen molar-refractivity contribution in [3.05, 3.63) is 58.9 Å². The molecule has 1 aliphatic rings. The Bertz CT molecular complexity index is 745. The number of amides is 1. The monoisotopic (exact) mass is 315 g/mol. The molecule has 1 unspecified atom stereocenters. The zero-order chi connectivity index (χ0) is 16.4. The summed E-state index contributed by atoms with van der Waals surface area (Å²) in [5.41, 5.74) is 2.47. The molecule has 0 bridgehead atoms. The van der Waals surface area contributed by atoms with E-state index in [2.05, 4.69) is 5.32 Å². The second-order valence-electron chi connectivity index (χ2n) is 5.48. The van der Waals surface area contributed by atoms with Gasteiger partial charge in [0.1, 0.15) is 5.82 Å². The number of halogens is 1. The van der Waals surface area contributed by atoms with Gasteiger partial charge < -0.3 is 14.8 Å². The third-order valence-corrected chi connectivity index (χ3v) is 4.12. The van der Waals surface area contributed by atoms with E-state index in [1.807, 2.05) is 12.1 Å². The maximum Gasteiger partial charge on any atom is 0.251 e. The molecule has 0 saturated carbocycles. The van der Waals surface area contributed by atoms with E-state index in [4.69, 9.17) is 9.47 Å². The summed E-state index contributed by atoms with van der Waals surface area (Å²) in [6.45, 7) is 0. The number of methoxy groups -OCH3 is 2. The minimum Gasteiger partial charge on any atom is -0.493 e. The summed E-state index contributed by atoms with van der Waals surface area (Å²) in [4.78, 5) is 12.3. The molecule has 1 amide bonds. The number of ether oxygens (including phenoxy) is 2. The van der Waals surface area contributed by atoms with Crippen molar-refractivity contribution < 1.29 is 18.7 Å². The number of benzene rings is 2. The van der Waals surface area contributed by atoms with Crippen molar-refractivity contribution >= 4 is 5.91 Å². The zero-order valence-corrected chi connectivity index (χ0v) is 13.1. The molecule has 4 nitrogen and oxygen atoms in total. The molecular weight excluding hydrogens is 297 g/mol. The van der Waals surface area contributed by atoms with Crippen LogP contribution in [0.25, 0.3) is 0 Å². The number of nitrogens with one attached hydrogen (secondary N) is 1. The van der Waals surface area contributed by atoms with Crippen LogP contribution in [0.3, 0.4) is 0 Å². The fourth-order valence-electron chi connectivity index (χ4n) is 2.95. The number of rotatable bonds is 4. The lowest BCUT2D eigenvalue weighted by molar-refractivity contribution is 0.0936. The summed E-state index contributed by atoms with van der Waals surface area (Å²) < 4.78 is 23.9. The Morgan fingerprint density at radius 2 is 1.91 bits per heavy atom. The van der Waals surface area contributed by atoms with Crippen LogP contribution in [-0.4, -0.2) is 20.1 Å². The lowest BCUT2D eigenvalue weighted by atomic mass is 10.1.